The third-order valence-electron chi connectivity index (χ3n) is 20.7. The first-order chi connectivity index (χ1) is 29.0. The second-order valence-corrected chi connectivity index (χ2v) is 24.0. The highest BCUT2D eigenvalue weighted by molar-refractivity contribution is 6.00. The van der Waals surface area contributed by atoms with Gasteiger partial charge in [-0.15, -0.1) is 0 Å². The van der Waals surface area contributed by atoms with Gasteiger partial charge in [0.1, 0.15) is 6.10 Å². The molecule has 5 saturated carbocycles. The molecule has 0 unspecified atom stereocenters. The number of carboxylic acids is 1. The number of Topliss-reactive ketones (excluding diaryl/α,β-unsaturated/α-hetero) is 1. The maximum absolute atomic E-state index is 14.2. The van der Waals surface area contributed by atoms with Gasteiger partial charge in [-0.3, -0.25) is 24.1 Å². The van der Waals surface area contributed by atoms with Crippen LogP contribution in [-0.4, -0.2) is 70.6 Å². The fraction of sp³-hybridized carbons (Fsp3) is 0.774. The predicted molar refractivity (Wildman–Crippen MR) is 241 cm³/mol. The smallest absolute Gasteiger partial charge is 0.309 e. The molecule has 7 aliphatic rings. The molecule has 1 amide bonds. The van der Waals surface area contributed by atoms with Gasteiger partial charge in [0.15, 0.2) is 5.78 Å². The van der Waals surface area contributed by atoms with Gasteiger partial charge in [-0.05, 0) is 145 Å². The minimum atomic E-state index is -0.830. The SMILES string of the molecule is CC(C)C1=C2[C@H]3CC[C@@]4(C)[C@@](C)(CC[C@H]5C(C)(C)[C@@H](OC(=O)[C@H]6C[C@@H](C(=O)O)C6(C)C)CC[C@@]54C)[C@]3(C)CC[C@@]2(CCNC(=O)c2ccc(CN3CCC(O)CC3)cc2)CC1=O. The molecule has 9 heteroatoms. The Morgan fingerprint density at radius 1 is 0.806 bits per heavy atom. The predicted octanol–water partition coefficient (Wildman–Crippen LogP) is 9.79. The molecule has 1 saturated heterocycles. The lowest BCUT2D eigenvalue weighted by Gasteiger charge is -2.76. The van der Waals surface area contributed by atoms with E-state index in [0.717, 1.165) is 95.8 Å². The first-order valence-electron chi connectivity index (χ1n) is 24.4. The fourth-order valence-electron chi connectivity index (χ4n) is 16.2. The lowest BCUT2D eigenvalue weighted by atomic mass is 9.28. The summed E-state index contributed by atoms with van der Waals surface area (Å²) in [5.41, 5.74) is 3.36. The van der Waals surface area contributed by atoms with Crippen molar-refractivity contribution < 1.29 is 34.1 Å². The zero-order valence-corrected chi connectivity index (χ0v) is 39.8. The van der Waals surface area contributed by atoms with Crippen molar-refractivity contribution in [2.24, 2.45) is 67.5 Å². The van der Waals surface area contributed by atoms with Crippen molar-refractivity contribution in [3.63, 3.8) is 0 Å². The van der Waals surface area contributed by atoms with Crippen LogP contribution in [0.5, 0.6) is 0 Å². The van der Waals surface area contributed by atoms with E-state index in [4.69, 9.17) is 4.74 Å². The number of carbonyl (C=O) groups is 4. The molecule has 3 N–H and O–H groups in total. The van der Waals surface area contributed by atoms with Gasteiger partial charge in [-0.1, -0.05) is 86.9 Å². The average Bonchev–Trinajstić information content (AvgIpc) is 3.49. The Morgan fingerprint density at radius 3 is 2.08 bits per heavy atom. The Balaban J connectivity index is 0.984. The van der Waals surface area contributed by atoms with Gasteiger partial charge >= 0.3 is 11.9 Å². The van der Waals surface area contributed by atoms with Crippen LogP contribution in [0.1, 0.15) is 169 Å². The first kappa shape index (κ1) is 45.5. The van der Waals surface area contributed by atoms with Gasteiger partial charge in [-0.2, -0.15) is 0 Å². The van der Waals surface area contributed by atoms with Crippen molar-refractivity contribution in [2.75, 3.05) is 19.6 Å². The number of ketones is 1. The van der Waals surface area contributed by atoms with E-state index < -0.39 is 17.3 Å². The number of esters is 1. The number of allylic oxidation sites excluding steroid dienone is 2. The molecular formula is C53H78N2O7. The molecule has 0 aromatic heterocycles. The first-order valence-corrected chi connectivity index (χ1v) is 24.4. The fourth-order valence-corrected chi connectivity index (χ4v) is 16.2. The van der Waals surface area contributed by atoms with Gasteiger partial charge in [-0.25, -0.2) is 0 Å². The quantitative estimate of drug-likeness (QED) is 0.198. The molecule has 1 aliphatic heterocycles. The lowest BCUT2D eigenvalue weighted by molar-refractivity contribution is -0.278. The molecule has 8 rings (SSSR count). The zero-order chi connectivity index (χ0) is 45.0. The number of aliphatic hydroxyl groups excluding tert-OH is 1. The molecule has 342 valence electrons. The van der Waals surface area contributed by atoms with Crippen molar-refractivity contribution in [1.29, 1.82) is 0 Å². The van der Waals surface area contributed by atoms with E-state index in [0.29, 0.717) is 42.6 Å². The number of benzene rings is 1. The highest BCUT2D eigenvalue weighted by Crippen LogP contribution is 2.81. The number of aliphatic carboxylic acids is 1. The van der Waals surface area contributed by atoms with E-state index in [1.807, 2.05) is 26.0 Å². The minimum absolute atomic E-state index is 0.000508. The maximum atomic E-state index is 14.2. The van der Waals surface area contributed by atoms with Crippen LogP contribution < -0.4 is 5.32 Å². The Hall–Kier alpha value is -3.04. The summed E-state index contributed by atoms with van der Waals surface area (Å²) in [5, 5.41) is 22.9. The summed E-state index contributed by atoms with van der Waals surface area (Å²) in [7, 11) is 0. The summed E-state index contributed by atoms with van der Waals surface area (Å²) in [6.45, 7) is 26.3. The Labute approximate surface area is 372 Å². The summed E-state index contributed by atoms with van der Waals surface area (Å²) in [4.78, 5) is 55.7. The van der Waals surface area contributed by atoms with Gasteiger partial charge < -0.3 is 20.3 Å². The van der Waals surface area contributed by atoms with Gasteiger partial charge in [0.25, 0.3) is 5.91 Å². The van der Waals surface area contributed by atoms with Crippen LogP contribution >= 0.6 is 0 Å². The van der Waals surface area contributed by atoms with E-state index in [-0.39, 0.29) is 68.4 Å². The number of rotatable bonds is 10. The molecule has 0 radical (unpaired) electrons. The Bertz CT molecular complexity index is 1990. The molecular weight excluding hydrogens is 777 g/mol. The van der Waals surface area contributed by atoms with Crippen LogP contribution in [0.2, 0.25) is 0 Å². The largest absolute Gasteiger partial charge is 0.481 e. The normalized spacial score (nSPS) is 40.1. The molecule has 0 spiro atoms. The number of carboxylic acid groups (broad SMARTS) is 1. The summed E-state index contributed by atoms with van der Waals surface area (Å²) in [6.07, 6.45) is 11.1. The Kier molecular flexibility index (Phi) is 11.4. The van der Waals surface area contributed by atoms with Crippen molar-refractivity contribution in [3.05, 3.63) is 46.5 Å². The van der Waals surface area contributed by atoms with Crippen LogP contribution in [0, 0.1) is 67.5 Å². The average molecular weight is 855 g/mol. The molecule has 10 atom stereocenters. The molecule has 6 aliphatic carbocycles. The van der Waals surface area contributed by atoms with Gasteiger partial charge in [0.2, 0.25) is 0 Å². The molecule has 6 fully saturated rings. The molecule has 0 bridgehead atoms. The van der Waals surface area contributed by atoms with Crippen LogP contribution in [0.15, 0.2) is 35.4 Å². The maximum Gasteiger partial charge on any atom is 0.309 e. The monoisotopic (exact) mass is 855 g/mol. The summed E-state index contributed by atoms with van der Waals surface area (Å²) >= 11 is 0. The van der Waals surface area contributed by atoms with E-state index in [1.54, 1.807) is 0 Å². The molecule has 1 heterocycles. The second-order valence-electron chi connectivity index (χ2n) is 24.0. The van der Waals surface area contributed by atoms with Gasteiger partial charge in [0.05, 0.1) is 17.9 Å². The van der Waals surface area contributed by atoms with E-state index in [2.05, 4.69) is 77.7 Å². The number of hydrogen-bond acceptors (Lipinski definition) is 7. The number of fused-ring (bicyclic) bond motifs is 7. The van der Waals surface area contributed by atoms with Crippen LogP contribution in [0.25, 0.3) is 0 Å². The minimum Gasteiger partial charge on any atom is -0.481 e. The van der Waals surface area contributed by atoms with E-state index >= 15 is 0 Å². The number of aliphatic hydroxyl groups is 1. The van der Waals surface area contributed by atoms with Crippen molar-refractivity contribution >= 4 is 23.6 Å². The van der Waals surface area contributed by atoms with E-state index in [1.165, 1.54) is 11.1 Å². The zero-order valence-electron chi connectivity index (χ0n) is 39.8. The number of nitrogens with one attached hydrogen (secondary N) is 1. The topological polar surface area (TPSA) is 133 Å². The molecule has 62 heavy (non-hydrogen) atoms. The second kappa shape index (κ2) is 15.6. The number of likely N-dealkylation sites (tertiary alicyclic amines) is 1. The number of amides is 1. The third kappa shape index (κ3) is 6.72. The lowest BCUT2D eigenvalue weighted by Crippen LogP contribution is -2.70. The highest BCUT2D eigenvalue weighted by atomic mass is 16.5. The van der Waals surface area contributed by atoms with E-state index in [9.17, 15) is 29.4 Å². The molecule has 1 aromatic carbocycles. The highest BCUT2D eigenvalue weighted by Gasteiger charge is 2.74. The van der Waals surface area contributed by atoms with Crippen LogP contribution in [-0.2, 0) is 25.7 Å². The van der Waals surface area contributed by atoms with Crippen molar-refractivity contribution in [2.45, 2.75) is 171 Å². The summed E-state index contributed by atoms with van der Waals surface area (Å²) in [5.74, 6) is -0.869. The number of ether oxygens (including phenoxy) is 1. The third-order valence-corrected chi connectivity index (χ3v) is 20.7. The van der Waals surface area contributed by atoms with Crippen LogP contribution in [0.4, 0.5) is 0 Å². The van der Waals surface area contributed by atoms with Crippen molar-refractivity contribution in [1.82, 2.24) is 10.2 Å². The summed E-state index contributed by atoms with van der Waals surface area (Å²) < 4.78 is 6.47. The number of hydrogen-bond donors (Lipinski definition) is 3. The van der Waals surface area contributed by atoms with Crippen molar-refractivity contribution in [3.8, 4) is 0 Å². The van der Waals surface area contributed by atoms with Gasteiger partial charge in [0, 0.05) is 49.0 Å². The van der Waals surface area contributed by atoms with Crippen LogP contribution in [0.3, 0.4) is 0 Å². The Morgan fingerprint density at radius 2 is 1.45 bits per heavy atom. The molecule has 1 aromatic rings. The summed E-state index contributed by atoms with van der Waals surface area (Å²) in [6, 6.07) is 7.96. The number of carbonyl (C=O) groups excluding carboxylic acids is 3. The molecule has 9 nitrogen and oxygen atoms in total. The number of piperidine rings is 1. The number of nitrogens with zero attached hydrogens (tertiary/aromatic N) is 1. The standard InChI is InChI=1S/C53H78N2O7/c1-32(2)42-39(57)30-53(25-26-54-44(58)34-13-11-33(12-14-34)31-55-27-18-35(56)19-28-55)24-23-49(7)36(43(42)53)15-21-52(10)50(8)20-17-41(48(5,6)40(50)16-22-51(49,52)9)62-46(61)38-29-37(45(59)60)47(38,3)4/h11-14,32,35-38,40-41,56H,15-31H2,1-10H3,(H,54,58)(H,59,60)/t36-,37+,38-,40+,41+,49-,50+,51+,52-,53-/m1/s1.